The van der Waals surface area contributed by atoms with Gasteiger partial charge in [0.25, 0.3) is 0 Å². The highest BCUT2D eigenvalue weighted by atomic mass is 35.5. The van der Waals surface area contributed by atoms with Crippen molar-refractivity contribution in [1.29, 1.82) is 0 Å². The van der Waals surface area contributed by atoms with Crippen LogP contribution in [0.4, 0.5) is 0 Å². The van der Waals surface area contributed by atoms with Crippen LogP contribution < -0.4 is 5.32 Å². The summed E-state index contributed by atoms with van der Waals surface area (Å²) in [6.45, 7) is 6.27. The molecular formula is C19H24ClN3O2. The van der Waals surface area contributed by atoms with Crippen LogP contribution in [0.5, 0.6) is 0 Å². The molecule has 1 saturated heterocycles. The van der Waals surface area contributed by atoms with Crippen LogP contribution in [0.3, 0.4) is 0 Å². The standard InChI is InChI=1S/C19H24ClN3O2/c1-3-16-15(18(4-2)25-22-16)11-19(24)23-9-8-21-12-17(23)13-6-5-7-14(20)10-13/h5-7,10,17,21H,3-4,8-9,11-12H2,1-2H3. The average molecular weight is 362 g/mol. The minimum absolute atomic E-state index is 0.00466. The van der Waals surface area contributed by atoms with E-state index in [0.717, 1.165) is 48.5 Å². The second-order valence-electron chi connectivity index (χ2n) is 6.28. The van der Waals surface area contributed by atoms with E-state index < -0.39 is 0 Å². The van der Waals surface area contributed by atoms with E-state index in [0.29, 0.717) is 18.0 Å². The van der Waals surface area contributed by atoms with Crippen LogP contribution in [0.15, 0.2) is 28.8 Å². The third kappa shape index (κ3) is 3.88. The largest absolute Gasteiger partial charge is 0.361 e. The zero-order chi connectivity index (χ0) is 17.8. The number of amides is 1. The van der Waals surface area contributed by atoms with Gasteiger partial charge in [0.2, 0.25) is 5.91 Å². The Kier molecular flexibility index (Phi) is 5.76. The van der Waals surface area contributed by atoms with Gasteiger partial charge in [-0.1, -0.05) is 42.7 Å². The molecule has 25 heavy (non-hydrogen) atoms. The molecule has 134 valence electrons. The van der Waals surface area contributed by atoms with Crippen molar-refractivity contribution in [1.82, 2.24) is 15.4 Å². The van der Waals surface area contributed by atoms with Crippen LogP contribution in [0, 0.1) is 0 Å². The summed E-state index contributed by atoms with van der Waals surface area (Å²) in [4.78, 5) is 15.0. The van der Waals surface area contributed by atoms with Gasteiger partial charge in [-0.05, 0) is 24.1 Å². The van der Waals surface area contributed by atoms with Gasteiger partial charge in [0.1, 0.15) is 5.76 Å². The van der Waals surface area contributed by atoms with Crippen LogP contribution in [0.25, 0.3) is 0 Å². The summed E-state index contributed by atoms with van der Waals surface area (Å²) in [5.41, 5.74) is 2.91. The molecule has 1 aromatic heterocycles. The molecule has 1 atom stereocenters. The Morgan fingerprint density at radius 1 is 1.40 bits per heavy atom. The number of nitrogens with zero attached hydrogens (tertiary/aromatic N) is 2. The molecular weight excluding hydrogens is 338 g/mol. The summed E-state index contributed by atoms with van der Waals surface area (Å²) in [5, 5.41) is 8.18. The fourth-order valence-electron chi connectivity index (χ4n) is 3.41. The Bertz CT molecular complexity index is 723. The van der Waals surface area contributed by atoms with Gasteiger partial charge in [0, 0.05) is 36.6 Å². The second-order valence-corrected chi connectivity index (χ2v) is 6.71. The van der Waals surface area contributed by atoms with Crippen molar-refractivity contribution in [3.63, 3.8) is 0 Å². The van der Waals surface area contributed by atoms with Gasteiger partial charge in [0.05, 0.1) is 18.2 Å². The zero-order valence-corrected chi connectivity index (χ0v) is 15.5. The van der Waals surface area contributed by atoms with Gasteiger partial charge in [-0.2, -0.15) is 0 Å². The lowest BCUT2D eigenvalue weighted by molar-refractivity contribution is -0.133. The molecule has 1 aliphatic heterocycles. The van der Waals surface area contributed by atoms with Crippen LogP contribution in [-0.4, -0.2) is 35.6 Å². The van der Waals surface area contributed by atoms with E-state index in [1.54, 1.807) is 0 Å². The molecule has 0 aliphatic carbocycles. The van der Waals surface area contributed by atoms with E-state index in [9.17, 15) is 4.79 Å². The van der Waals surface area contributed by atoms with Crippen molar-refractivity contribution < 1.29 is 9.32 Å². The molecule has 1 aromatic carbocycles. The maximum Gasteiger partial charge on any atom is 0.227 e. The Balaban J connectivity index is 1.83. The number of hydrogen-bond acceptors (Lipinski definition) is 4. The van der Waals surface area contributed by atoms with E-state index in [4.69, 9.17) is 16.1 Å². The third-order valence-electron chi connectivity index (χ3n) is 4.73. The lowest BCUT2D eigenvalue weighted by atomic mass is 10.0. The predicted octanol–water partition coefficient (Wildman–Crippen LogP) is 3.17. The first-order valence-corrected chi connectivity index (χ1v) is 9.23. The molecule has 6 heteroatoms. The molecule has 1 fully saturated rings. The molecule has 2 heterocycles. The third-order valence-corrected chi connectivity index (χ3v) is 4.97. The van der Waals surface area contributed by atoms with E-state index in [1.165, 1.54) is 0 Å². The van der Waals surface area contributed by atoms with E-state index in [1.807, 2.05) is 43.0 Å². The Morgan fingerprint density at radius 2 is 2.24 bits per heavy atom. The van der Waals surface area contributed by atoms with Crippen LogP contribution in [0.1, 0.15) is 42.5 Å². The summed E-state index contributed by atoms with van der Waals surface area (Å²) in [5.74, 6) is 0.929. The van der Waals surface area contributed by atoms with Crippen molar-refractivity contribution in [2.24, 2.45) is 0 Å². The number of hydrogen-bond donors (Lipinski definition) is 1. The van der Waals surface area contributed by atoms with Gasteiger partial charge in [-0.15, -0.1) is 0 Å². The molecule has 1 N–H and O–H groups in total. The number of aryl methyl sites for hydroxylation is 2. The highest BCUT2D eigenvalue weighted by Crippen LogP contribution is 2.26. The van der Waals surface area contributed by atoms with E-state index in [2.05, 4.69) is 10.5 Å². The first kappa shape index (κ1) is 18.0. The number of carbonyl (C=O) groups is 1. The number of aromatic nitrogens is 1. The lowest BCUT2D eigenvalue weighted by Gasteiger charge is -2.36. The second kappa shape index (κ2) is 8.02. The van der Waals surface area contributed by atoms with Crippen molar-refractivity contribution in [3.8, 4) is 0 Å². The molecule has 1 aliphatic rings. The summed E-state index contributed by atoms with van der Waals surface area (Å²) >= 11 is 6.14. The van der Waals surface area contributed by atoms with Gasteiger partial charge in [-0.3, -0.25) is 4.79 Å². The molecule has 0 saturated carbocycles. The molecule has 1 amide bonds. The number of rotatable bonds is 5. The fourth-order valence-corrected chi connectivity index (χ4v) is 3.60. The maximum absolute atomic E-state index is 13.1. The van der Waals surface area contributed by atoms with E-state index in [-0.39, 0.29) is 11.9 Å². The first-order chi connectivity index (χ1) is 12.1. The topological polar surface area (TPSA) is 58.4 Å². The Labute approximate surface area is 153 Å². The maximum atomic E-state index is 13.1. The molecule has 0 radical (unpaired) electrons. The van der Waals surface area contributed by atoms with Gasteiger partial charge < -0.3 is 14.7 Å². The van der Waals surface area contributed by atoms with E-state index >= 15 is 0 Å². The number of carbonyl (C=O) groups excluding carboxylic acids is 1. The molecule has 1 unspecified atom stereocenters. The lowest BCUT2D eigenvalue weighted by Crippen LogP contribution is -2.49. The molecule has 0 spiro atoms. The molecule has 3 rings (SSSR count). The fraction of sp³-hybridized carbons (Fsp3) is 0.474. The predicted molar refractivity (Wildman–Crippen MR) is 97.7 cm³/mol. The first-order valence-electron chi connectivity index (χ1n) is 8.86. The smallest absolute Gasteiger partial charge is 0.227 e. The Hall–Kier alpha value is -1.85. The quantitative estimate of drug-likeness (QED) is 0.888. The molecule has 5 nitrogen and oxygen atoms in total. The number of benzene rings is 1. The minimum Gasteiger partial charge on any atom is -0.361 e. The molecule has 0 bridgehead atoms. The van der Waals surface area contributed by atoms with Crippen LogP contribution >= 0.6 is 11.6 Å². The van der Waals surface area contributed by atoms with Crippen molar-refractivity contribution in [2.75, 3.05) is 19.6 Å². The highest BCUT2D eigenvalue weighted by molar-refractivity contribution is 6.30. The normalized spacial score (nSPS) is 17.7. The highest BCUT2D eigenvalue weighted by Gasteiger charge is 2.29. The Morgan fingerprint density at radius 3 is 2.96 bits per heavy atom. The average Bonchev–Trinajstić information content (AvgIpc) is 3.03. The van der Waals surface area contributed by atoms with Gasteiger partial charge in [0.15, 0.2) is 0 Å². The summed E-state index contributed by atoms with van der Waals surface area (Å²) in [6, 6.07) is 7.74. The minimum atomic E-state index is -0.00466. The molecule has 2 aromatic rings. The SMILES string of the molecule is CCc1noc(CC)c1CC(=O)N1CCNCC1c1cccc(Cl)c1. The number of halogens is 1. The van der Waals surface area contributed by atoms with Crippen molar-refractivity contribution in [2.45, 2.75) is 39.2 Å². The van der Waals surface area contributed by atoms with Crippen LogP contribution in [-0.2, 0) is 24.1 Å². The summed E-state index contributed by atoms with van der Waals surface area (Å²) in [7, 11) is 0. The van der Waals surface area contributed by atoms with Gasteiger partial charge >= 0.3 is 0 Å². The number of nitrogens with one attached hydrogen (secondary N) is 1. The van der Waals surface area contributed by atoms with Gasteiger partial charge in [-0.25, -0.2) is 0 Å². The number of piperazine rings is 1. The van der Waals surface area contributed by atoms with Crippen molar-refractivity contribution >= 4 is 17.5 Å². The van der Waals surface area contributed by atoms with Crippen LogP contribution in [0.2, 0.25) is 5.02 Å². The summed E-state index contributed by atoms with van der Waals surface area (Å²) < 4.78 is 5.40. The van der Waals surface area contributed by atoms with Crippen molar-refractivity contribution in [3.05, 3.63) is 51.9 Å². The zero-order valence-electron chi connectivity index (χ0n) is 14.7. The summed E-state index contributed by atoms with van der Waals surface area (Å²) in [6.07, 6.45) is 1.85. The monoisotopic (exact) mass is 361 g/mol.